The largest absolute Gasteiger partial charge is 0.450 e. The number of nitrogens with zero attached hydrogens (tertiary/aromatic N) is 2. The van der Waals surface area contributed by atoms with E-state index in [1.807, 2.05) is 34.5 Å². The van der Waals surface area contributed by atoms with Crippen molar-refractivity contribution >= 4 is 29.2 Å². The van der Waals surface area contributed by atoms with Crippen molar-refractivity contribution in [1.82, 2.24) is 15.1 Å². The maximum Gasteiger partial charge on any atom is 0.409 e. The summed E-state index contributed by atoms with van der Waals surface area (Å²) in [5.41, 5.74) is 1.83. The number of rotatable bonds is 5. The molecule has 0 saturated carbocycles. The number of carbonyl (C=O) groups is 3. The lowest BCUT2D eigenvalue weighted by atomic mass is 10.0. The molecule has 0 spiro atoms. The summed E-state index contributed by atoms with van der Waals surface area (Å²) in [4.78, 5) is 42.5. The van der Waals surface area contributed by atoms with Crippen LogP contribution in [0.4, 0.5) is 4.79 Å². The number of amides is 3. The Balaban J connectivity index is 1.43. The number of ether oxygens (including phenoxy) is 1. The number of thiophene rings is 1. The van der Waals surface area contributed by atoms with E-state index >= 15 is 0 Å². The zero-order chi connectivity index (χ0) is 21.1. The average molecular weight is 428 g/mol. The molecule has 0 bridgehead atoms. The number of hydrogen-bond donors (Lipinski definition) is 1. The highest BCUT2D eigenvalue weighted by Crippen LogP contribution is 2.31. The minimum absolute atomic E-state index is 0.0533. The van der Waals surface area contributed by atoms with Crippen LogP contribution in [0.1, 0.15) is 50.9 Å². The van der Waals surface area contributed by atoms with Gasteiger partial charge in [0.2, 0.25) is 0 Å². The van der Waals surface area contributed by atoms with Gasteiger partial charge < -0.3 is 19.9 Å². The third-order valence-electron chi connectivity index (χ3n) is 5.65. The molecule has 1 saturated heterocycles. The van der Waals surface area contributed by atoms with E-state index in [0.717, 1.165) is 10.4 Å². The van der Waals surface area contributed by atoms with Crippen molar-refractivity contribution in [2.24, 2.45) is 0 Å². The maximum atomic E-state index is 13.2. The monoisotopic (exact) mass is 427 g/mol. The number of likely N-dealkylation sites (tertiary alicyclic amines) is 1. The molecular weight excluding hydrogens is 402 g/mol. The minimum atomic E-state index is -0.295. The summed E-state index contributed by atoms with van der Waals surface area (Å²) < 4.78 is 5.07. The normalized spacial score (nSPS) is 16.5. The highest BCUT2D eigenvalue weighted by Gasteiger charge is 2.37. The summed E-state index contributed by atoms with van der Waals surface area (Å²) in [6, 6.07) is 9.43. The second kappa shape index (κ2) is 8.87. The van der Waals surface area contributed by atoms with Gasteiger partial charge >= 0.3 is 6.09 Å². The molecule has 2 aliphatic heterocycles. The van der Waals surface area contributed by atoms with E-state index in [1.165, 1.54) is 0 Å². The molecule has 8 heteroatoms. The second-order valence-electron chi connectivity index (χ2n) is 7.45. The summed E-state index contributed by atoms with van der Waals surface area (Å²) >= 11 is 1.58. The smallest absolute Gasteiger partial charge is 0.409 e. The van der Waals surface area contributed by atoms with Gasteiger partial charge in [-0.05, 0) is 42.8 Å². The fourth-order valence-corrected chi connectivity index (χ4v) is 4.76. The highest BCUT2D eigenvalue weighted by molar-refractivity contribution is 7.09. The van der Waals surface area contributed by atoms with Gasteiger partial charge in [0.1, 0.15) is 0 Å². The molecule has 4 rings (SSSR count). The molecule has 3 heterocycles. The summed E-state index contributed by atoms with van der Waals surface area (Å²) in [5.74, 6) is -0.325. The van der Waals surface area contributed by atoms with E-state index in [0.29, 0.717) is 56.8 Å². The number of piperidine rings is 1. The number of fused-ring (bicyclic) bond motifs is 1. The number of carbonyl (C=O) groups excluding carboxylic acids is 3. The Morgan fingerprint density at radius 3 is 2.70 bits per heavy atom. The molecule has 0 radical (unpaired) electrons. The summed E-state index contributed by atoms with van der Waals surface area (Å²) in [6.45, 7) is 4.24. The zero-order valence-electron chi connectivity index (χ0n) is 16.9. The molecular formula is C22H25N3O4S. The molecule has 1 fully saturated rings. The van der Waals surface area contributed by atoms with Gasteiger partial charge in [-0.1, -0.05) is 18.2 Å². The van der Waals surface area contributed by atoms with Crippen molar-refractivity contribution in [3.8, 4) is 0 Å². The molecule has 1 aromatic carbocycles. The van der Waals surface area contributed by atoms with Crippen molar-refractivity contribution in [2.45, 2.75) is 38.9 Å². The van der Waals surface area contributed by atoms with Crippen molar-refractivity contribution in [3.05, 3.63) is 57.3 Å². The molecule has 2 aromatic rings. The lowest BCUT2D eigenvalue weighted by Gasteiger charge is -2.36. The van der Waals surface area contributed by atoms with Crippen LogP contribution in [-0.2, 0) is 17.8 Å². The van der Waals surface area contributed by atoms with Crippen LogP contribution in [0.5, 0.6) is 0 Å². The second-order valence-corrected chi connectivity index (χ2v) is 8.48. The highest BCUT2D eigenvalue weighted by atomic mass is 32.1. The molecule has 3 amide bonds. The molecule has 2 aliphatic rings. The van der Waals surface area contributed by atoms with Crippen LogP contribution in [0, 0.1) is 0 Å². The van der Waals surface area contributed by atoms with Crippen LogP contribution in [-0.4, -0.2) is 53.4 Å². The standard InChI is InChI=1S/C22H25N3O4S/c1-2-29-22(28)24-10-8-16(9-11-24)25-14-15-5-3-7-18(19(15)21(25)27)20(26)23-13-17-6-4-12-30-17/h3-7,12,16H,2,8-11,13-14H2,1H3,(H,23,26). The first-order valence-electron chi connectivity index (χ1n) is 10.2. The summed E-state index contributed by atoms with van der Waals surface area (Å²) in [7, 11) is 0. The van der Waals surface area contributed by atoms with E-state index in [9.17, 15) is 14.4 Å². The first kappa shape index (κ1) is 20.4. The van der Waals surface area contributed by atoms with Crippen molar-refractivity contribution in [3.63, 3.8) is 0 Å². The van der Waals surface area contributed by atoms with Crippen LogP contribution in [0.2, 0.25) is 0 Å². The van der Waals surface area contributed by atoms with Crippen molar-refractivity contribution < 1.29 is 19.1 Å². The van der Waals surface area contributed by atoms with E-state index in [2.05, 4.69) is 5.32 Å². The fraction of sp³-hybridized carbons (Fsp3) is 0.409. The predicted octanol–water partition coefficient (Wildman–Crippen LogP) is 3.25. The van der Waals surface area contributed by atoms with Crippen LogP contribution < -0.4 is 5.32 Å². The quantitative estimate of drug-likeness (QED) is 0.795. The van der Waals surface area contributed by atoms with Gasteiger partial charge in [0.05, 0.1) is 24.3 Å². The van der Waals surface area contributed by atoms with Gasteiger partial charge in [-0.15, -0.1) is 11.3 Å². The van der Waals surface area contributed by atoms with Crippen molar-refractivity contribution in [1.29, 1.82) is 0 Å². The fourth-order valence-electron chi connectivity index (χ4n) is 4.12. The van der Waals surface area contributed by atoms with E-state index in [1.54, 1.807) is 29.2 Å². The van der Waals surface area contributed by atoms with Crippen LogP contribution in [0.25, 0.3) is 0 Å². The summed E-state index contributed by atoms with van der Waals surface area (Å²) in [6.07, 6.45) is 1.12. The van der Waals surface area contributed by atoms with E-state index < -0.39 is 0 Å². The Labute approximate surface area is 179 Å². The van der Waals surface area contributed by atoms with Gasteiger partial charge in [-0.3, -0.25) is 9.59 Å². The Morgan fingerprint density at radius 1 is 1.20 bits per heavy atom. The lowest BCUT2D eigenvalue weighted by Crippen LogP contribution is -2.47. The third kappa shape index (κ3) is 4.05. The Hall–Kier alpha value is -2.87. The number of nitrogens with one attached hydrogen (secondary N) is 1. The molecule has 1 N–H and O–H groups in total. The van der Waals surface area contributed by atoms with Crippen molar-refractivity contribution in [2.75, 3.05) is 19.7 Å². The Kier molecular flexibility index (Phi) is 6.03. The van der Waals surface area contributed by atoms with Gasteiger partial charge in [0, 0.05) is 30.6 Å². The lowest BCUT2D eigenvalue weighted by molar-refractivity contribution is 0.0556. The van der Waals surface area contributed by atoms with E-state index in [-0.39, 0.29) is 23.9 Å². The topological polar surface area (TPSA) is 79.0 Å². The number of benzene rings is 1. The van der Waals surface area contributed by atoms with E-state index in [4.69, 9.17) is 4.74 Å². The first-order valence-corrected chi connectivity index (χ1v) is 11.1. The van der Waals surface area contributed by atoms with Gasteiger partial charge in [-0.2, -0.15) is 0 Å². The Morgan fingerprint density at radius 2 is 2.00 bits per heavy atom. The zero-order valence-corrected chi connectivity index (χ0v) is 17.7. The molecule has 30 heavy (non-hydrogen) atoms. The molecule has 7 nitrogen and oxygen atoms in total. The third-order valence-corrected chi connectivity index (χ3v) is 6.52. The Bertz CT molecular complexity index is 936. The van der Waals surface area contributed by atoms with Gasteiger partial charge in [0.25, 0.3) is 11.8 Å². The molecule has 1 aromatic heterocycles. The van der Waals surface area contributed by atoms with Gasteiger partial charge in [-0.25, -0.2) is 4.79 Å². The average Bonchev–Trinajstić information content (AvgIpc) is 3.40. The molecule has 0 aliphatic carbocycles. The number of hydrogen-bond acceptors (Lipinski definition) is 5. The predicted molar refractivity (Wildman–Crippen MR) is 113 cm³/mol. The first-order chi connectivity index (χ1) is 14.6. The maximum absolute atomic E-state index is 13.2. The van der Waals surface area contributed by atoms with Crippen LogP contribution in [0.3, 0.4) is 0 Å². The van der Waals surface area contributed by atoms with Crippen LogP contribution >= 0.6 is 11.3 Å². The van der Waals surface area contributed by atoms with Gasteiger partial charge in [0.15, 0.2) is 0 Å². The molecule has 0 unspecified atom stereocenters. The molecule has 158 valence electrons. The van der Waals surface area contributed by atoms with Crippen LogP contribution in [0.15, 0.2) is 35.7 Å². The SMILES string of the molecule is CCOC(=O)N1CCC(N2Cc3cccc(C(=O)NCc4cccs4)c3C2=O)CC1. The summed E-state index contributed by atoms with van der Waals surface area (Å²) in [5, 5.41) is 4.89. The minimum Gasteiger partial charge on any atom is -0.450 e. The molecule has 0 atom stereocenters.